The first-order valence-electron chi connectivity index (χ1n) is 16.9. The highest BCUT2D eigenvalue weighted by atomic mass is 35.5. The molecule has 0 aliphatic carbocycles. The van der Waals surface area contributed by atoms with E-state index < -0.39 is 4.92 Å². The molecule has 0 aliphatic heterocycles. The molecule has 6 aromatic carbocycles. The number of aldehydes is 1. The first kappa shape index (κ1) is 42.0. The molecule has 0 aliphatic rings. The Hall–Kier alpha value is -5.17. The average Bonchev–Trinajstić information content (AvgIpc) is 3.18. The number of benzene rings is 6. The number of Topliss-reactive ketones (excluding diaryl/α,β-unsaturated/α-hetero) is 1. The summed E-state index contributed by atoms with van der Waals surface area (Å²) in [5, 5.41) is 39.4. The molecule has 0 heterocycles. The molecule has 56 heavy (non-hydrogen) atoms. The van der Waals surface area contributed by atoms with Crippen LogP contribution in [0, 0.1) is 10.1 Å². The van der Waals surface area contributed by atoms with Gasteiger partial charge in [0.1, 0.15) is 17.8 Å². The summed E-state index contributed by atoms with van der Waals surface area (Å²) in [5.74, 6) is -0.325. The number of phenolic OH excluding ortho intramolecular Hbond substituents is 2. The van der Waals surface area contributed by atoms with Gasteiger partial charge in [-0.1, -0.05) is 94.7 Å². The van der Waals surface area contributed by atoms with E-state index in [1.807, 2.05) is 72.8 Å². The number of aromatic hydroxyl groups is 2. The lowest BCUT2D eigenvalue weighted by atomic mass is 10.1. The number of nitro groups is 1. The number of non-ortho nitro benzene ring substituents is 1. The molecule has 6 rings (SSSR count). The largest absolute Gasteiger partial charge is 0.505 e. The van der Waals surface area contributed by atoms with Gasteiger partial charge in [-0.2, -0.15) is 0 Å². The molecule has 14 heteroatoms. The highest BCUT2D eigenvalue weighted by Crippen LogP contribution is 2.36. The number of hydrogen-bond acceptors (Lipinski definition) is 10. The number of carbonyl (C=O) groups excluding carboxylic acids is 2. The Balaban J connectivity index is 0.000000215. The molecular weight excluding hydrogens is 813 g/mol. The van der Waals surface area contributed by atoms with E-state index in [9.17, 15) is 29.9 Å². The minimum absolute atomic E-state index is 0.00185. The van der Waals surface area contributed by atoms with E-state index in [0.29, 0.717) is 51.4 Å². The Morgan fingerprint density at radius 2 is 1.16 bits per heavy atom. The monoisotopic (exact) mass is 845 g/mol. The van der Waals surface area contributed by atoms with Crippen LogP contribution in [-0.2, 0) is 24.3 Å². The lowest BCUT2D eigenvalue weighted by molar-refractivity contribution is -0.384. The smallest absolute Gasteiger partial charge is 0.269 e. The van der Waals surface area contributed by atoms with Gasteiger partial charge in [-0.15, -0.1) is 0 Å². The number of nitrogens with zero attached hydrogens (tertiary/aromatic N) is 1. The van der Waals surface area contributed by atoms with Gasteiger partial charge in [0, 0.05) is 71.9 Å². The Bertz CT molecular complexity index is 2350. The minimum atomic E-state index is -0.428. The molecule has 0 saturated heterocycles. The zero-order valence-electron chi connectivity index (χ0n) is 29.7. The van der Waals surface area contributed by atoms with Crippen LogP contribution in [0.15, 0.2) is 141 Å². The van der Waals surface area contributed by atoms with Crippen molar-refractivity contribution < 1.29 is 24.7 Å². The standard InChI is InChI=1S/C21H17Cl2NO2S.C21H17ClN2O4S/c1-13(25)18-10-16(23)11-19(21(18)26)24-12-14-4-2-3-5-20(14)27-17-8-6-15(22)7-9-17;22-16-11-14(9-10-25)21(26)19(12-16)23-13-15-3-1-2-4-20(15)29-18-7-5-17(6-8-18)24(27)28/h2-11,24,26H,12H2,1H3;1-8,10-12,23,26H,9,13H2. The second kappa shape index (κ2) is 20.1. The zero-order valence-corrected chi connectivity index (χ0v) is 33.6. The van der Waals surface area contributed by atoms with Gasteiger partial charge in [-0.05, 0) is 90.8 Å². The van der Waals surface area contributed by atoms with Crippen LogP contribution in [0.25, 0.3) is 0 Å². The lowest BCUT2D eigenvalue weighted by Gasteiger charge is -2.14. The molecule has 286 valence electrons. The Morgan fingerprint density at radius 1 is 0.679 bits per heavy atom. The number of carbonyl (C=O) groups is 2. The number of ketones is 1. The van der Waals surface area contributed by atoms with E-state index in [4.69, 9.17) is 34.8 Å². The summed E-state index contributed by atoms with van der Waals surface area (Å²) in [6, 6.07) is 36.0. The van der Waals surface area contributed by atoms with Gasteiger partial charge in [0.25, 0.3) is 5.69 Å². The molecule has 0 atom stereocenters. The molecule has 4 N–H and O–H groups in total. The van der Waals surface area contributed by atoms with Crippen molar-refractivity contribution in [1.82, 2.24) is 0 Å². The molecule has 0 unspecified atom stereocenters. The number of anilines is 2. The summed E-state index contributed by atoms with van der Waals surface area (Å²) in [4.78, 5) is 36.8. The first-order chi connectivity index (χ1) is 26.9. The van der Waals surface area contributed by atoms with Gasteiger partial charge in [0.2, 0.25) is 0 Å². The maximum absolute atomic E-state index is 11.7. The van der Waals surface area contributed by atoms with Crippen LogP contribution in [0.2, 0.25) is 15.1 Å². The van der Waals surface area contributed by atoms with Crippen molar-refractivity contribution in [3.63, 3.8) is 0 Å². The second-order valence-electron chi connectivity index (χ2n) is 12.1. The third-order valence-electron chi connectivity index (χ3n) is 8.11. The molecule has 0 saturated carbocycles. The molecule has 0 spiro atoms. The van der Waals surface area contributed by atoms with E-state index >= 15 is 0 Å². The van der Waals surface area contributed by atoms with Crippen molar-refractivity contribution in [3.05, 3.63) is 169 Å². The summed E-state index contributed by atoms with van der Waals surface area (Å²) in [6.45, 7) is 2.29. The van der Waals surface area contributed by atoms with E-state index in [-0.39, 0.29) is 35.0 Å². The maximum Gasteiger partial charge on any atom is 0.269 e. The highest BCUT2D eigenvalue weighted by Gasteiger charge is 2.15. The van der Waals surface area contributed by atoms with Crippen molar-refractivity contribution in [1.29, 1.82) is 0 Å². The summed E-state index contributed by atoms with van der Waals surface area (Å²) in [5.41, 5.74) is 3.63. The van der Waals surface area contributed by atoms with Crippen LogP contribution < -0.4 is 10.6 Å². The van der Waals surface area contributed by atoms with Crippen molar-refractivity contribution in [2.75, 3.05) is 10.6 Å². The fraction of sp³-hybridized carbons (Fsp3) is 0.0952. The number of nitrogens with one attached hydrogen (secondary N) is 2. The van der Waals surface area contributed by atoms with Crippen molar-refractivity contribution in [3.8, 4) is 11.5 Å². The number of hydrogen-bond donors (Lipinski definition) is 4. The average molecular weight is 847 g/mol. The SMILES string of the molecule is CC(=O)c1cc(Cl)cc(NCc2ccccc2Sc2ccc(Cl)cc2)c1O.O=CCc1cc(Cl)cc(NCc2ccccc2Sc2ccc([N+](=O)[O-])cc2)c1O. The third-order valence-corrected chi connectivity index (χ3v) is 11.1. The van der Waals surface area contributed by atoms with Gasteiger partial charge in [-0.25, -0.2) is 0 Å². The predicted molar refractivity (Wildman–Crippen MR) is 226 cm³/mol. The van der Waals surface area contributed by atoms with Crippen molar-refractivity contribution in [2.45, 2.75) is 46.0 Å². The van der Waals surface area contributed by atoms with Crippen LogP contribution in [-0.4, -0.2) is 27.2 Å². The molecule has 0 amide bonds. The van der Waals surface area contributed by atoms with Gasteiger partial charge in [0.05, 0.1) is 21.9 Å². The fourth-order valence-electron chi connectivity index (χ4n) is 5.31. The Morgan fingerprint density at radius 3 is 1.66 bits per heavy atom. The van der Waals surface area contributed by atoms with Gasteiger partial charge >= 0.3 is 0 Å². The maximum atomic E-state index is 11.7. The Labute approximate surface area is 347 Å². The number of halogens is 3. The summed E-state index contributed by atoms with van der Waals surface area (Å²) < 4.78 is 0. The normalized spacial score (nSPS) is 10.6. The zero-order chi connectivity index (χ0) is 40.2. The van der Waals surface area contributed by atoms with Crippen molar-refractivity contribution in [2.24, 2.45) is 0 Å². The van der Waals surface area contributed by atoms with E-state index in [0.717, 1.165) is 30.7 Å². The summed E-state index contributed by atoms with van der Waals surface area (Å²) in [7, 11) is 0. The van der Waals surface area contributed by atoms with Gasteiger partial charge < -0.3 is 25.6 Å². The van der Waals surface area contributed by atoms with Gasteiger partial charge in [0.15, 0.2) is 5.78 Å². The molecule has 9 nitrogen and oxygen atoms in total. The van der Waals surface area contributed by atoms with E-state index in [1.54, 1.807) is 42.1 Å². The van der Waals surface area contributed by atoms with Crippen LogP contribution in [0.5, 0.6) is 11.5 Å². The van der Waals surface area contributed by atoms with E-state index in [2.05, 4.69) is 10.6 Å². The third kappa shape index (κ3) is 11.7. The molecule has 0 aromatic heterocycles. The summed E-state index contributed by atoms with van der Waals surface area (Å²) in [6.07, 6.45) is 0.791. The van der Waals surface area contributed by atoms with Gasteiger partial charge in [-0.3, -0.25) is 14.9 Å². The number of rotatable bonds is 14. The molecule has 0 fully saturated rings. The summed E-state index contributed by atoms with van der Waals surface area (Å²) >= 11 is 21.2. The van der Waals surface area contributed by atoms with E-state index in [1.165, 1.54) is 36.9 Å². The number of phenols is 2. The first-order valence-corrected chi connectivity index (χ1v) is 19.7. The van der Waals surface area contributed by atoms with Crippen LogP contribution >= 0.6 is 58.3 Å². The second-order valence-corrected chi connectivity index (χ2v) is 15.6. The minimum Gasteiger partial charge on any atom is -0.505 e. The molecule has 0 radical (unpaired) electrons. The van der Waals surface area contributed by atoms with Crippen LogP contribution in [0.1, 0.15) is 34.0 Å². The van der Waals surface area contributed by atoms with Crippen molar-refractivity contribution >= 4 is 87.5 Å². The predicted octanol–water partition coefficient (Wildman–Crippen LogP) is 12.1. The quantitative estimate of drug-likeness (QED) is 0.0275. The topological polar surface area (TPSA) is 142 Å². The number of nitro benzene ring substituents is 1. The Kier molecular flexibility index (Phi) is 15.1. The molecular formula is C42H34Cl3N3O6S2. The fourth-order valence-corrected chi connectivity index (χ4v) is 7.78. The highest BCUT2D eigenvalue weighted by molar-refractivity contribution is 7.99. The van der Waals surface area contributed by atoms with Crippen LogP contribution in [0.3, 0.4) is 0 Å². The molecule has 0 bridgehead atoms. The molecule has 6 aromatic rings. The lowest BCUT2D eigenvalue weighted by Crippen LogP contribution is -2.03. The van der Waals surface area contributed by atoms with Crippen LogP contribution in [0.4, 0.5) is 17.1 Å².